The van der Waals surface area contributed by atoms with Gasteiger partial charge in [-0.15, -0.1) is 0 Å². The number of carbonyl (C=O) groups is 1. The van der Waals surface area contributed by atoms with Gasteiger partial charge < -0.3 is 5.11 Å². The predicted octanol–water partition coefficient (Wildman–Crippen LogP) is 0.998. The second kappa shape index (κ2) is 5.41. The van der Waals surface area contributed by atoms with Crippen molar-refractivity contribution in [2.75, 3.05) is 13.1 Å². The summed E-state index contributed by atoms with van der Waals surface area (Å²) in [7, 11) is -3.82. The van der Waals surface area contributed by atoms with Gasteiger partial charge in [0, 0.05) is 24.7 Å². The van der Waals surface area contributed by atoms with E-state index in [-0.39, 0.29) is 41.6 Å². The van der Waals surface area contributed by atoms with Crippen molar-refractivity contribution in [3.63, 3.8) is 0 Å². The van der Waals surface area contributed by atoms with Crippen LogP contribution in [0.4, 0.5) is 5.69 Å². The lowest BCUT2D eigenvalue weighted by Gasteiger charge is -2.37. The molecule has 9 heteroatoms. The highest BCUT2D eigenvalue weighted by molar-refractivity contribution is 7.89. The van der Waals surface area contributed by atoms with E-state index in [9.17, 15) is 23.3 Å². The summed E-state index contributed by atoms with van der Waals surface area (Å²) in [6.45, 7) is 1.63. The Morgan fingerprint density at radius 2 is 2.10 bits per heavy atom. The van der Waals surface area contributed by atoms with Crippen LogP contribution in [0.15, 0.2) is 23.1 Å². The predicted molar refractivity (Wildman–Crippen MR) is 72.3 cm³/mol. The number of nitro groups is 1. The molecule has 21 heavy (non-hydrogen) atoms. The summed E-state index contributed by atoms with van der Waals surface area (Å²) in [5.41, 5.74) is -0.164. The number of carboxylic acid groups (broad SMARTS) is 1. The normalized spacial score (nSPS) is 16.4. The van der Waals surface area contributed by atoms with E-state index in [1.165, 1.54) is 25.1 Å². The molecule has 0 radical (unpaired) electrons. The van der Waals surface area contributed by atoms with Gasteiger partial charge in [-0.3, -0.25) is 14.9 Å². The van der Waals surface area contributed by atoms with Gasteiger partial charge in [0.05, 0.1) is 16.2 Å². The number of carboxylic acids is 1. The number of hydrogen-bond donors (Lipinski definition) is 1. The van der Waals surface area contributed by atoms with E-state index in [0.29, 0.717) is 0 Å². The Labute approximate surface area is 121 Å². The molecule has 1 saturated heterocycles. The highest BCUT2D eigenvalue weighted by Crippen LogP contribution is 2.31. The molecule has 1 aliphatic heterocycles. The van der Waals surface area contributed by atoms with E-state index in [2.05, 4.69) is 0 Å². The van der Waals surface area contributed by atoms with Crippen LogP contribution in [0.2, 0.25) is 0 Å². The molecule has 114 valence electrons. The number of nitro benzene ring substituents is 1. The van der Waals surface area contributed by atoms with Crippen LogP contribution >= 0.6 is 0 Å². The van der Waals surface area contributed by atoms with Gasteiger partial charge in [0.1, 0.15) is 0 Å². The molecule has 0 amide bonds. The summed E-state index contributed by atoms with van der Waals surface area (Å²) >= 11 is 0. The molecule has 8 nitrogen and oxygen atoms in total. The zero-order chi connectivity index (χ0) is 15.8. The fourth-order valence-electron chi connectivity index (χ4n) is 2.31. The van der Waals surface area contributed by atoms with Crippen LogP contribution < -0.4 is 0 Å². The van der Waals surface area contributed by atoms with Crippen molar-refractivity contribution in [3.05, 3.63) is 33.9 Å². The molecule has 0 bridgehead atoms. The molecule has 1 aromatic rings. The monoisotopic (exact) mass is 314 g/mol. The van der Waals surface area contributed by atoms with Crippen molar-refractivity contribution in [1.29, 1.82) is 0 Å². The van der Waals surface area contributed by atoms with Gasteiger partial charge in [0.2, 0.25) is 10.0 Å². The molecule has 0 aliphatic carbocycles. The van der Waals surface area contributed by atoms with Crippen LogP contribution in [-0.4, -0.2) is 41.8 Å². The first-order valence-electron chi connectivity index (χ1n) is 6.19. The van der Waals surface area contributed by atoms with Crippen molar-refractivity contribution >= 4 is 21.7 Å². The number of sulfonamides is 1. The molecular weight excluding hydrogens is 300 g/mol. The lowest BCUT2D eigenvalue weighted by molar-refractivity contribution is -0.385. The van der Waals surface area contributed by atoms with Crippen molar-refractivity contribution in [3.8, 4) is 0 Å². The number of benzene rings is 1. The van der Waals surface area contributed by atoms with Gasteiger partial charge in [-0.2, -0.15) is 4.31 Å². The standard InChI is InChI=1S/C12H14N2O6S/c1-8-10(14(17)18)3-2-4-11(8)21(19,20)13-6-9(7-13)5-12(15)16/h2-4,9H,5-7H2,1H3,(H,15,16). The van der Waals surface area contributed by atoms with Crippen LogP contribution in [0.1, 0.15) is 12.0 Å². The van der Waals surface area contributed by atoms with E-state index in [1.54, 1.807) is 0 Å². The first kappa shape index (κ1) is 15.4. The molecule has 1 N–H and O–H groups in total. The Kier molecular flexibility index (Phi) is 3.97. The van der Waals surface area contributed by atoms with E-state index < -0.39 is 20.9 Å². The summed E-state index contributed by atoms with van der Waals surface area (Å²) in [6.07, 6.45) is -0.0834. The average molecular weight is 314 g/mol. The zero-order valence-corrected chi connectivity index (χ0v) is 12.0. The summed E-state index contributed by atoms with van der Waals surface area (Å²) in [5.74, 6) is -1.18. The Bertz CT molecular complexity index is 694. The number of nitrogens with zero attached hydrogens (tertiary/aromatic N) is 2. The van der Waals surface area contributed by atoms with Crippen molar-refractivity contribution in [1.82, 2.24) is 4.31 Å². The van der Waals surface area contributed by atoms with Crippen LogP contribution in [0.3, 0.4) is 0 Å². The van der Waals surface area contributed by atoms with E-state index in [4.69, 9.17) is 5.11 Å². The summed E-state index contributed by atoms with van der Waals surface area (Å²) in [4.78, 5) is 20.7. The molecule has 1 aromatic carbocycles. The summed E-state index contributed by atoms with van der Waals surface area (Å²) < 4.78 is 25.9. The van der Waals surface area contributed by atoms with Gasteiger partial charge in [0.15, 0.2) is 0 Å². The molecule has 0 atom stereocenters. The molecule has 1 fully saturated rings. The van der Waals surface area contributed by atoms with Crippen LogP contribution in [0.25, 0.3) is 0 Å². The lowest BCUT2D eigenvalue weighted by atomic mass is 10.00. The lowest BCUT2D eigenvalue weighted by Crippen LogP contribution is -2.50. The molecule has 0 saturated carbocycles. The van der Waals surface area contributed by atoms with Crippen molar-refractivity contribution < 1.29 is 23.2 Å². The Balaban J connectivity index is 2.24. The van der Waals surface area contributed by atoms with Gasteiger partial charge in [-0.05, 0) is 18.9 Å². The second-order valence-electron chi connectivity index (χ2n) is 4.94. The van der Waals surface area contributed by atoms with Gasteiger partial charge in [-0.25, -0.2) is 8.42 Å². The quantitative estimate of drug-likeness (QED) is 0.640. The van der Waals surface area contributed by atoms with Crippen molar-refractivity contribution in [2.45, 2.75) is 18.2 Å². The largest absolute Gasteiger partial charge is 0.481 e. The van der Waals surface area contributed by atoms with Crippen LogP contribution in [0, 0.1) is 23.0 Å². The van der Waals surface area contributed by atoms with Gasteiger partial charge >= 0.3 is 5.97 Å². The highest BCUT2D eigenvalue weighted by atomic mass is 32.2. The maximum absolute atomic E-state index is 12.4. The SMILES string of the molecule is Cc1c([N+](=O)[O-])cccc1S(=O)(=O)N1CC(CC(=O)O)C1. The first-order chi connectivity index (χ1) is 9.73. The minimum absolute atomic E-state index is 0.0834. The minimum atomic E-state index is -3.82. The molecule has 0 unspecified atom stereocenters. The summed E-state index contributed by atoms with van der Waals surface area (Å²) in [5, 5.41) is 19.5. The van der Waals surface area contributed by atoms with Gasteiger partial charge in [0.25, 0.3) is 5.69 Å². The van der Waals surface area contributed by atoms with Crippen molar-refractivity contribution in [2.24, 2.45) is 5.92 Å². The Morgan fingerprint density at radius 1 is 1.48 bits per heavy atom. The highest BCUT2D eigenvalue weighted by Gasteiger charge is 2.39. The minimum Gasteiger partial charge on any atom is -0.481 e. The molecule has 0 spiro atoms. The fraction of sp³-hybridized carbons (Fsp3) is 0.417. The maximum atomic E-state index is 12.4. The van der Waals surface area contributed by atoms with Crippen LogP contribution in [-0.2, 0) is 14.8 Å². The topological polar surface area (TPSA) is 118 Å². The average Bonchev–Trinajstić information content (AvgIpc) is 2.32. The molecule has 0 aromatic heterocycles. The third-order valence-electron chi connectivity index (χ3n) is 3.46. The fourth-order valence-corrected chi connectivity index (χ4v) is 4.15. The smallest absolute Gasteiger partial charge is 0.303 e. The molecule has 1 aliphatic rings. The Morgan fingerprint density at radius 3 is 2.62 bits per heavy atom. The second-order valence-corrected chi connectivity index (χ2v) is 6.85. The first-order valence-corrected chi connectivity index (χ1v) is 7.63. The van der Waals surface area contributed by atoms with Gasteiger partial charge in [-0.1, -0.05) is 6.07 Å². The summed E-state index contributed by atoms with van der Waals surface area (Å²) in [6, 6.07) is 3.90. The third kappa shape index (κ3) is 2.88. The number of hydrogen-bond acceptors (Lipinski definition) is 5. The molecule has 2 rings (SSSR count). The van der Waals surface area contributed by atoms with E-state index in [0.717, 1.165) is 4.31 Å². The van der Waals surface area contributed by atoms with Crippen LogP contribution in [0.5, 0.6) is 0 Å². The number of aliphatic carboxylic acids is 1. The van der Waals surface area contributed by atoms with E-state index >= 15 is 0 Å². The maximum Gasteiger partial charge on any atom is 0.303 e. The zero-order valence-electron chi connectivity index (χ0n) is 11.2. The number of rotatable bonds is 5. The van der Waals surface area contributed by atoms with E-state index in [1.807, 2.05) is 0 Å². The Hall–Kier alpha value is -2.00. The molecular formula is C12H14N2O6S. The molecule has 1 heterocycles. The third-order valence-corrected chi connectivity index (χ3v) is 5.43.